The quantitative estimate of drug-likeness (QED) is 0.318. The number of piperidine rings is 2. The Hall–Kier alpha value is -3.47. The number of nitrogens with zero attached hydrogens (tertiary/aromatic N) is 4. The van der Waals surface area contributed by atoms with Crippen molar-refractivity contribution in [1.82, 2.24) is 19.4 Å². The number of amides is 1. The van der Waals surface area contributed by atoms with Gasteiger partial charge in [-0.1, -0.05) is 42.5 Å². The molecule has 3 fully saturated rings. The second-order valence-electron chi connectivity index (χ2n) is 12.6. The van der Waals surface area contributed by atoms with Crippen molar-refractivity contribution in [3.8, 4) is 0 Å². The van der Waals surface area contributed by atoms with Crippen LogP contribution < -0.4 is 5.14 Å². The van der Waals surface area contributed by atoms with Gasteiger partial charge in [-0.2, -0.15) is 0 Å². The molecule has 2 N–H and O–H groups in total. The van der Waals surface area contributed by atoms with E-state index in [4.69, 9.17) is 14.5 Å². The third-order valence-corrected chi connectivity index (χ3v) is 11.1. The van der Waals surface area contributed by atoms with Crippen LogP contribution in [-0.2, 0) is 15.4 Å². The number of carbonyl (C=O) groups excluding carboxylic acids is 1. The average Bonchev–Trinajstić information content (AvgIpc) is 3.70. The van der Waals surface area contributed by atoms with E-state index < -0.39 is 10.0 Å². The molecule has 9 nitrogen and oxygen atoms in total. The molecular weight excluding hydrogens is 562 g/mol. The number of para-hydroxylation sites is 2. The number of fused-ring (bicyclic) bond motifs is 3. The van der Waals surface area contributed by atoms with E-state index in [1.54, 1.807) is 4.90 Å². The highest BCUT2D eigenvalue weighted by Crippen LogP contribution is 2.45. The zero-order valence-electron chi connectivity index (χ0n) is 24.6. The van der Waals surface area contributed by atoms with Gasteiger partial charge < -0.3 is 13.9 Å². The van der Waals surface area contributed by atoms with Crippen LogP contribution in [0.1, 0.15) is 72.9 Å². The van der Waals surface area contributed by atoms with Crippen molar-refractivity contribution in [3.05, 3.63) is 83.9 Å². The molecule has 0 radical (unpaired) electrons. The number of likely N-dealkylation sites (tertiary alicyclic amines) is 1. The van der Waals surface area contributed by atoms with E-state index in [1.165, 1.54) is 36.1 Å². The summed E-state index contributed by atoms with van der Waals surface area (Å²) in [5.41, 5.74) is 3.64. The maximum atomic E-state index is 13.2. The molecule has 0 spiro atoms. The first-order chi connectivity index (χ1) is 20.7. The molecule has 4 aromatic rings. The van der Waals surface area contributed by atoms with E-state index in [0.29, 0.717) is 31.2 Å². The highest BCUT2D eigenvalue weighted by Gasteiger charge is 2.44. The first kappa shape index (κ1) is 28.3. The van der Waals surface area contributed by atoms with Gasteiger partial charge in [-0.05, 0) is 93.7 Å². The number of rotatable bonds is 7. The molecule has 1 amide bonds. The molecule has 0 aliphatic carbocycles. The predicted octanol–water partition coefficient (Wildman–Crippen LogP) is 5.02. The molecule has 0 unspecified atom stereocenters. The van der Waals surface area contributed by atoms with Crippen molar-refractivity contribution in [3.63, 3.8) is 0 Å². The molecule has 2 aromatic carbocycles. The summed E-state index contributed by atoms with van der Waals surface area (Å²) < 4.78 is 31.1. The smallest absolute Gasteiger partial charge is 0.289 e. The lowest BCUT2D eigenvalue weighted by molar-refractivity contribution is 0.0575. The minimum atomic E-state index is -4.00. The largest absolute Gasteiger partial charge is 0.438 e. The Kier molecular flexibility index (Phi) is 7.18. The lowest BCUT2D eigenvalue weighted by Gasteiger charge is -2.45. The molecule has 2 aromatic heterocycles. The van der Waals surface area contributed by atoms with Crippen LogP contribution in [0, 0.1) is 6.92 Å². The van der Waals surface area contributed by atoms with Gasteiger partial charge >= 0.3 is 0 Å². The number of aryl methyl sites for hydroxylation is 1. The molecule has 2 bridgehead atoms. The molecule has 3 atom stereocenters. The maximum absolute atomic E-state index is 13.2. The van der Waals surface area contributed by atoms with Crippen LogP contribution in [0.4, 0.5) is 0 Å². The van der Waals surface area contributed by atoms with Crippen LogP contribution in [0.15, 0.2) is 76.2 Å². The summed E-state index contributed by atoms with van der Waals surface area (Å²) >= 11 is 0. The van der Waals surface area contributed by atoms with E-state index in [2.05, 4.69) is 71.0 Å². The molecule has 7 rings (SSSR count). The summed E-state index contributed by atoms with van der Waals surface area (Å²) in [5.74, 6) is 0.828. The number of hydrogen-bond donors (Lipinski definition) is 1. The number of aromatic nitrogens is 2. The molecule has 5 heterocycles. The highest BCUT2D eigenvalue weighted by atomic mass is 32.2. The minimum absolute atomic E-state index is 0.0107. The van der Waals surface area contributed by atoms with Crippen LogP contribution in [-0.4, -0.2) is 65.4 Å². The van der Waals surface area contributed by atoms with Gasteiger partial charge in [-0.3, -0.25) is 9.69 Å². The van der Waals surface area contributed by atoms with Crippen molar-refractivity contribution in [2.24, 2.45) is 5.14 Å². The van der Waals surface area contributed by atoms with Crippen LogP contribution in [0.25, 0.3) is 11.0 Å². The second-order valence-corrected chi connectivity index (χ2v) is 14.1. The SMILES string of the molecule is Cc1nc2ccccc2n1[C@H]1C[C@H]2CC[C@@H](C1)N2CCC1(c2ccccc2)CCN(C(=O)c2ccc(S(N)(=O)=O)o2)CC1. The van der Waals surface area contributed by atoms with Gasteiger partial charge in [0, 0.05) is 31.2 Å². The van der Waals surface area contributed by atoms with Gasteiger partial charge in [-0.25, -0.2) is 18.5 Å². The van der Waals surface area contributed by atoms with Crippen molar-refractivity contribution in [2.75, 3.05) is 19.6 Å². The zero-order valence-corrected chi connectivity index (χ0v) is 25.4. The summed E-state index contributed by atoms with van der Waals surface area (Å²) in [6.07, 6.45) is 7.53. The number of sulfonamides is 1. The standard InChI is InChI=1S/C33H39N5O4S/c1-23-35-28-9-5-6-10-29(28)38(23)27-21-25-11-12-26(22-27)37(25)20-17-33(24-7-3-2-4-8-24)15-18-36(19-16-33)32(39)30-13-14-31(42-30)43(34,40)41/h2-10,13-14,25-27H,11-12,15-22H2,1H3,(H2,34,40,41)/t25-,26+,27+. The lowest BCUT2D eigenvalue weighted by atomic mass is 9.70. The molecule has 3 aliphatic heterocycles. The zero-order chi connectivity index (χ0) is 29.8. The van der Waals surface area contributed by atoms with Crippen LogP contribution in [0.2, 0.25) is 0 Å². The van der Waals surface area contributed by atoms with Gasteiger partial charge in [0.05, 0.1) is 11.0 Å². The Labute approximate surface area is 252 Å². The van der Waals surface area contributed by atoms with Crippen molar-refractivity contribution >= 4 is 27.0 Å². The number of benzene rings is 2. The Morgan fingerprint density at radius 1 is 0.953 bits per heavy atom. The van der Waals surface area contributed by atoms with Gasteiger partial charge in [0.2, 0.25) is 5.09 Å². The number of imidazole rings is 1. The number of nitrogens with two attached hydrogens (primary N) is 1. The van der Waals surface area contributed by atoms with Crippen molar-refractivity contribution in [2.45, 2.75) is 80.5 Å². The Morgan fingerprint density at radius 2 is 1.63 bits per heavy atom. The third kappa shape index (κ3) is 5.19. The van der Waals surface area contributed by atoms with Crippen molar-refractivity contribution in [1.29, 1.82) is 0 Å². The Morgan fingerprint density at radius 3 is 2.30 bits per heavy atom. The van der Waals surface area contributed by atoms with Gasteiger partial charge in [-0.15, -0.1) is 0 Å². The monoisotopic (exact) mass is 601 g/mol. The average molecular weight is 602 g/mol. The fourth-order valence-corrected chi connectivity index (χ4v) is 8.61. The molecule has 226 valence electrons. The van der Waals surface area contributed by atoms with Crippen molar-refractivity contribution < 1.29 is 17.6 Å². The lowest BCUT2D eigenvalue weighted by Crippen LogP contribution is -2.49. The second kappa shape index (κ2) is 10.9. The molecule has 3 aliphatic rings. The first-order valence-electron chi connectivity index (χ1n) is 15.4. The van der Waals surface area contributed by atoms with Crippen LogP contribution in [0.3, 0.4) is 0 Å². The summed E-state index contributed by atoms with van der Waals surface area (Å²) in [6, 6.07) is 23.5. The molecule has 10 heteroatoms. The minimum Gasteiger partial charge on any atom is -0.438 e. The topological polar surface area (TPSA) is 115 Å². The number of primary sulfonamides is 1. The van der Waals surface area contributed by atoms with E-state index >= 15 is 0 Å². The highest BCUT2D eigenvalue weighted by molar-refractivity contribution is 7.89. The van der Waals surface area contributed by atoms with Gasteiger partial charge in [0.25, 0.3) is 15.9 Å². The summed E-state index contributed by atoms with van der Waals surface area (Å²) in [7, 11) is -4.00. The number of hydrogen-bond acceptors (Lipinski definition) is 6. The number of furan rings is 1. The number of carbonyl (C=O) groups is 1. The molecule has 0 saturated carbocycles. The van der Waals surface area contributed by atoms with E-state index in [1.807, 2.05) is 0 Å². The van der Waals surface area contributed by atoms with Gasteiger partial charge in [0.1, 0.15) is 5.82 Å². The normalized spacial score (nSPS) is 24.0. The third-order valence-electron chi connectivity index (χ3n) is 10.3. The van der Waals surface area contributed by atoms with Crippen LogP contribution >= 0.6 is 0 Å². The summed E-state index contributed by atoms with van der Waals surface area (Å²) in [4.78, 5) is 22.6. The first-order valence-corrected chi connectivity index (χ1v) is 16.9. The molecule has 3 saturated heterocycles. The Bertz CT molecular complexity index is 1720. The fourth-order valence-electron chi connectivity index (χ4n) is 8.15. The van der Waals surface area contributed by atoms with Gasteiger partial charge in [0.15, 0.2) is 5.76 Å². The molecular formula is C33H39N5O4S. The fraction of sp³-hybridized carbons (Fsp3) is 0.455. The van der Waals surface area contributed by atoms with E-state index in [-0.39, 0.29) is 22.2 Å². The van der Waals surface area contributed by atoms with E-state index in [9.17, 15) is 13.2 Å². The summed E-state index contributed by atoms with van der Waals surface area (Å²) in [5, 5.41) is 4.79. The predicted molar refractivity (Wildman–Crippen MR) is 164 cm³/mol. The molecule has 43 heavy (non-hydrogen) atoms. The Balaban J connectivity index is 1.05. The summed E-state index contributed by atoms with van der Waals surface area (Å²) in [6.45, 7) is 4.35. The maximum Gasteiger partial charge on any atom is 0.289 e. The van der Waals surface area contributed by atoms with Crippen LogP contribution in [0.5, 0.6) is 0 Å². The van der Waals surface area contributed by atoms with E-state index in [0.717, 1.165) is 50.0 Å².